The molecular weight excluding hydrogens is 272 g/mol. The molecule has 0 bridgehead atoms. The Hall–Kier alpha value is -2.37. The fourth-order valence-electron chi connectivity index (χ4n) is 2.77. The highest BCUT2D eigenvalue weighted by molar-refractivity contribution is 6.07. The first-order chi connectivity index (χ1) is 10.1. The van der Waals surface area contributed by atoms with Gasteiger partial charge >= 0.3 is 0 Å². The molecule has 2 heterocycles. The van der Waals surface area contributed by atoms with Crippen molar-refractivity contribution in [2.75, 3.05) is 13.2 Å². The minimum Gasteiger partial charge on any atom is -0.493 e. The molecule has 6 nitrogen and oxygen atoms in total. The minimum atomic E-state index is -0.597. The molecule has 1 atom stereocenters. The third-order valence-electron chi connectivity index (χ3n) is 3.84. The summed E-state index contributed by atoms with van der Waals surface area (Å²) in [5, 5.41) is 2.27. The van der Waals surface area contributed by atoms with E-state index in [0.29, 0.717) is 18.6 Å². The van der Waals surface area contributed by atoms with Crippen LogP contribution in [0.5, 0.6) is 5.75 Å². The molecule has 1 N–H and O–H groups in total. The van der Waals surface area contributed by atoms with Crippen molar-refractivity contribution in [1.29, 1.82) is 0 Å². The number of hydrogen-bond acceptors (Lipinski definition) is 4. The van der Waals surface area contributed by atoms with E-state index in [1.54, 1.807) is 18.2 Å². The summed E-state index contributed by atoms with van der Waals surface area (Å²) in [6.07, 6.45) is 1.24. The van der Waals surface area contributed by atoms with Gasteiger partial charge in [0, 0.05) is 12.0 Å². The standard InChI is InChI=1S/C15H16N2O4/c1-2-11-14(19)16-13(18)8-17(11)15(20)10-3-4-12-9(7-10)5-6-21-12/h3-4,7,11H,2,5-6,8H2,1H3,(H,16,18,19). The zero-order chi connectivity index (χ0) is 15.0. The van der Waals surface area contributed by atoms with Crippen LogP contribution in [0.15, 0.2) is 18.2 Å². The lowest BCUT2D eigenvalue weighted by Crippen LogP contribution is -2.59. The molecule has 3 rings (SSSR count). The van der Waals surface area contributed by atoms with Gasteiger partial charge in [-0.2, -0.15) is 0 Å². The van der Waals surface area contributed by atoms with Gasteiger partial charge in [0.25, 0.3) is 5.91 Å². The van der Waals surface area contributed by atoms with Crippen LogP contribution in [0, 0.1) is 0 Å². The van der Waals surface area contributed by atoms with Gasteiger partial charge in [-0.15, -0.1) is 0 Å². The van der Waals surface area contributed by atoms with Crippen LogP contribution in [0.25, 0.3) is 0 Å². The van der Waals surface area contributed by atoms with Crippen molar-refractivity contribution in [3.63, 3.8) is 0 Å². The van der Waals surface area contributed by atoms with E-state index in [1.165, 1.54) is 4.90 Å². The number of carbonyl (C=O) groups excluding carboxylic acids is 3. The third kappa shape index (κ3) is 2.37. The average Bonchev–Trinajstić information content (AvgIpc) is 2.93. The highest BCUT2D eigenvalue weighted by atomic mass is 16.5. The van der Waals surface area contributed by atoms with Crippen LogP contribution >= 0.6 is 0 Å². The Morgan fingerprint density at radius 1 is 1.43 bits per heavy atom. The van der Waals surface area contributed by atoms with E-state index in [1.807, 2.05) is 6.92 Å². The Labute approximate surface area is 122 Å². The van der Waals surface area contributed by atoms with Crippen molar-refractivity contribution in [2.45, 2.75) is 25.8 Å². The van der Waals surface area contributed by atoms with Gasteiger partial charge in [0.05, 0.1) is 6.61 Å². The lowest BCUT2D eigenvalue weighted by Gasteiger charge is -2.33. The number of imide groups is 1. The lowest BCUT2D eigenvalue weighted by molar-refractivity contribution is -0.138. The van der Waals surface area contributed by atoms with Crippen LogP contribution in [0.2, 0.25) is 0 Å². The van der Waals surface area contributed by atoms with E-state index < -0.39 is 17.9 Å². The smallest absolute Gasteiger partial charge is 0.255 e. The van der Waals surface area contributed by atoms with Gasteiger partial charge in [0.2, 0.25) is 11.8 Å². The van der Waals surface area contributed by atoms with E-state index >= 15 is 0 Å². The van der Waals surface area contributed by atoms with Gasteiger partial charge in [-0.25, -0.2) is 0 Å². The summed E-state index contributed by atoms with van der Waals surface area (Å²) in [5.41, 5.74) is 1.47. The van der Waals surface area contributed by atoms with Gasteiger partial charge in [-0.3, -0.25) is 19.7 Å². The predicted molar refractivity (Wildman–Crippen MR) is 73.9 cm³/mol. The molecule has 0 saturated carbocycles. The zero-order valence-electron chi connectivity index (χ0n) is 11.7. The van der Waals surface area contributed by atoms with Crippen LogP contribution in [0.4, 0.5) is 0 Å². The molecule has 6 heteroatoms. The molecule has 110 valence electrons. The van der Waals surface area contributed by atoms with Crippen molar-refractivity contribution in [3.8, 4) is 5.75 Å². The number of rotatable bonds is 2. The summed E-state index contributed by atoms with van der Waals surface area (Å²) in [4.78, 5) is 37.3. The summed E-state index contributed by atoms with van der Waals surface area (Å²) < 4.78 is 5.41. The molecular formula is C15H16N2O4. The van der Waals surface area contributed by atoms with Crippen LogP contribution < -0.4 is 10.1 Å². The Bertz CT molecular complexity index is 626. The molecule has 1 unspecified atom stereocenters. The van der Waals surface area contributed by atoms with Gasteiger partial charge in [-0.1, -0.05) is 6.92 Å². The highest BCUT2D eigenvalue weighted by Gasteiger charge is 2.36. The molecule has 1 aromatic rings. The molecule has 2 aliphatic heterocycles. The Morgan fingerprint density at radius 3 is 3.00 bits per heavy atom. The Balaban J connectivity index is 1.89. The molecule has 21 heavy (non-hydrogen) atoms. The van der Waals surface area contributed by atoms with E-state index in [2.05, 4.69) is 5.32 Å². The zero-order valence-corrected chi connectivity index (χ0v) is 11.7. The molecule has 0 aliphatic carbocycles. The average molecular weight is 288 g/mol. The summed E-state index contributed by atoms with van der Waals surface area (Å²) in [7, 11) is 0. The number of amides is 3. The van der Waals surface area contributed by atoms with Crippen molar-refractivity contribution >= 4 is 17.7 Å². The Kier molecular flexibility index (Phi) is 3.37. The van der Waals surface area contributed by atoms with Gasteiger partial charge in [-0.05, 0) is 30.2 Å². The summed E-state index contributed by atoms with van der Waals surface area (Å²) in [6.45, 7) is 2.35. The van der Waals surface area contributed by atoms with Crippen molar-refractivity contribution in [3.05, 3.63) is 29.3 Å². The van der Waals surface area contributed by atoms with Gasteiger partial charge in [0.15, 0.2) is 0 Å². The highest BCUT2D eigenvalue weighted by Crippen LogP contribution is 2.27. The normalized spacial score (nSPS) is 20.8. The number of ether oxygens (including phenoxy) is 1. The number of nitrogens with one attached hydrogen (secondary N) is 1. The fraction of sp³-hybridized carbons (Fsp3) is 0.400. The number of benzene rings is 1. The third-order valence-corrected chi connectivity index (χ3v) is 3.84. The first-order valence-electron chi connectivity index (χ1n) is 7.00. The Morgan fingerprint density at radius 2 is 2.24 bits per heavy atom. The van der Waals surface area contributed by atoms with Crippen molar-refractivity contribution in [2.24, 2.45) is 0 Å². The second-order valence-electron chi connectivity index (χ2n) is 5.19. The number of carbonyl (C=O) groups is 3. The molecule has 1 saturated heterocycles. The largest absolute Gasteiger partial charge is 0.493 e. The van der Waals surface area contributed by atoms with Gasteiger partial charge in [0.1, 0.15) is 18.3 Å². The predicted octanol–water partition coefficient (Wildman–Crippen LogP) is 0.499. The van der Waals surface area contributed by atoms with Crippen LogP contribution in [0.3, 0.4) is 0 Å². The van der Waals surface area contributed by atoms with E-state index in [-0.39, 0.29) is 12.5 Å². The molecule has 1 fully saturated rings. The van der Waals surface area contributed by atoms with Crippen LogP contribution in [-0.2, 0) is 16.0 Å². The van der Waals surface area contributed by atoms with E-state index in [9.17, 15) is 14.4 Å². The maximum absolute atomic E-state index is 12.6. The summed E-state index contributed by atoms with van der Waals surface area (Å²) in [5.74, 6) is -0.347. The minimum absolute atomic E-state index is 0.0866. The first kappa shape index (κ1) is 13.6. The number of hydrogen-bond donors (Lipinski definition) is 1. The topological polar surface area (TPSA) is 75.7 Å². The molecule has 0 spiro atoms. The SMILES string of the molecule is CCC1C(=O)NC(=O)CN1C(=O)c1ccc2c(c1)CCO2. The second kappa shape index (κ2) is 5.20. The van der Waals surface area contributed by atoms with E-state index in [4.69, 9.17) is 4.74 Å². The molecule has 2 aliphatic rings. The summed E-state index contributed by atoms with van der Waals surface area (Å²) >= 11 is 0. The molecule has 0 radical (unpaired) electrons. The van der Waals surface area contributed by atoms with Crippen LogP contribution in [-0.4, -0.2) is 41.8 Å². The number of fused-ring (bicyclic) bond motifs is 1. The molecule has 0 aromatic heterocycles. The lowest BCUT2D eigenvalue weighted by atomic mass is 10.0. The summed E-state index contributed by atoms with van der Waals surface area (Å²) in [6, 6.07) is 4.63. The van der Waals surface area contributed by atoms with Crippen LogP contribution in [0.1, 0.15) is 29.3 Å². The maximum Gasteiger partial charge on any atom is 0.255 e. The quantitative estimate of drug-likeness (QED) is 0.804. The van der Waals surface area contributed by atoms with Crippen molar-refractivity contribution in [1.82, 2.24) is 10.2 Å². The molecule has 1 aromatic carbocycles. The monoisotopic (exact) mass is 288 g/mol. The van der Waals surface area contributed by atoms with E-state index in [0.717, 1.165) is 17.7 Å². The van der Waals surface area contributed by atoms with Crippen molar-refractivity contribution < 1.29 is 19.1 Å². The number of nitrogens with zero attached hydrogens (tertiary/aromatic N) is 1. The fourth-order valence-corrected chi connectivity index (χ4v) is 2.77. The second-order valence-corrected chi connectivity index (χ2v) is 5.19. The molecule has 3 amide bonds. The van der Waals surface area contributed by atoms with Gasteiger partial charge < -0.3 is 9.64 Å². The first-order valence-corrected chi connectivity index (χ1v) is 7.00. The maximum atomic E-state index is 12.6. The number of piperazine rings is 1.